The maximum atomic E-state index is 11.7. The van der Waals surface area contributed by atoms with Gasteiger partial charge in [-0.05, 0) is 56.5 Å². The number of rotatable bonds is 10. The predicted molar refractivity (Wildman–Crippen MR) is 152 cm³/mol. The van der Waals surface area contributed by atoms with Gasteiger partial charge in [0.05, 0.1) is 28.0 Å². The van der Waals surface area contributed by atoms with Crippen molar-refractivity contribution in [2.75, 3.05) is 64.6 Å². The smallest absolute Gasteiger partial charge is 0.412 e. The molecule has 0 N–H and O–H groups in total. The molecule has 206 valence electrons. The standard InChI is InChI=1S/C28H36Cl2N4O4/c1-3-32(2)28(35)38-20-37-26-12-10-21-9-11-22(19-24(21)31-26)36-18-5-4-13-33-14-16-34(17-15-33)25-8-6-7-23(29)27(25)30/h6-9,11,19H,3-5,10,12-18,20H2,1-2H3. The summed E-state index contributed by atoms with van der Waals surface area (Å²) in [5, 5.41) is 1.24. The van der Waals surface area contributed by atoms with E-state index < -0.39 is 6.09 Å². The summed E-state index contributed by atoms with van der Waals surface area (Å²) in [4.78, 5) is 22.6. The van der Waals surface area contributed by atoms with Gasteiger partial charge in [0.1, 0.15) is 5.75 Å². The molecule has 0 spiro atoms. The van der Waals surface area contributed by atoms with E-state index in [0.717, 1.165) is 74.7 Å². The molecule has 38 heavy (non-hydrogen) atoms. The van der Waals surface area contributed by atoms with Crippen LogP contribution in [-0.2, 0) is 15.9 Å². The molecule has 1 saturated heterocycles. The number of aryl methyl sites for hydroxylation is 1. The summed E-state index contributed by atoms with van der Waals surface area (Å²) in [6.45, 7) is 7.92. The van der Waals surface area contributed by atoms with Gasteiger partial charge in [0.2, 0.25) is 6.79 Å². The molecule has 10 heteroatoms. The van der Waals surface area contributed by atoms with E-state index in [2.05, 4.69) is 20.9 Å². The number of fused-ring (bicyclic) bond motifs is 1. The van der Waals surface area contributed by atoms with Gasteiger partial charge in [-0.3, -0.25) is 4.90 Å². The molecule has 0 radical (unpaired) electrons. The Morgan fingerprint density at radius 2 is 1.87 bits per heavy atom. The minimum Gasteiger partial charge on any atom is -0.494 e. The third-order valence-electron chi connectivity index (χ3n) is 6.89. The quantitative estimate of drug-likeness (QED) is 0.261. The molecule has 1 fully saturated rings. The third-order valence-corrected chi connectivity index (χ3v) is 7.69. The summed E-state index contributed by atoms with van der Waals surface area (Å²) >= 11 is 12.6. The van der Waals surface area contributed by atoms with Crippen LogP contribution >= 0.6 is 23.2 Å². The van der Waals surface area contributed by atoms with Crippen molar-refractivity contribution in [3.05, 3.63) is 52.0 Å². The van der Waals surface area contributed by atoms with E-state index in [9.17, 15) is 4.79 Å². The van der Waals surface area contributed by atoms with Crippen LogP contribution in [0.15, 0.2) is 41.4 Å². The fraction of sp³-hybridized carbons (Fsp3) is 0.500. The van der Waals surface area contributed by atoms with Gasteiger partial charge in [-0.25, -0.2) is 9.79 Å². The topological polar surface area (TPSA) is 66.8 Å². The number of carbonyl (C=O) groups excluding carboxylic acids is 1. The van der Waals surface area contributed by atoms with E-state index in [-0.39, 0.29) is 6.79 Å². The number of aliphatic imine (C=N–C) groups is 1. The normalized spacial score (nSPS) is 15.5. The number of ether oxygens (including phenoxy) is 3. The van der Waals surface area contributed by atoms with Crippen LogP contribution in [0.5, 0.6) is 5.75 Å². The molecule has 2 aromatic rings. The number of anilines is 1. The molecular formula is C28H36Cl2N4O4. The van der Waals surface area contributed by atoms with Gasteiger partial charge < -0.3 is 24.0 Å². The molecule has 2 heterocycles. The van der Waals surface area contributed by atoms with Crippen LogP contribution in [0.25, 0.3) is 0 Å². The molecule has 0 unspecified atom stereocenters. The lowest BCUT2D eigenvalue weighted by Gasteiger charge is -2.36. The molecule has 8 nitrogen and oxygen atoms in total. The molecule has 2 aliphatic heterocycles. The van der Waals surface area contributed by atoms with Crippen LogP contribution < -0.4 is 9.64 Å². The lowest BCUT2D eigenvalue weighted by molar-refractivity contribution is 0.0325. The third kappa shape index (κ3) is 7.68. The Morgan fingerprint density at radius 1 is 1.05 bits per heavy atom. The van der Waals surface area contributed by atoms with Crippen molar-refractivity contribution in [2.24, 2.45) is 4.99 Å². The van der Waals surface area contributed by atoms with Gasteiger partial charge in [-0.2, -0.15) is 0 Å². The van der Waals surface area contributed by atoms with Crippen molar-refractivity contribution in [2.45, 2.75) is 32.6 Å². The highest BCUT2D eigenvalue weighted by molar-refractivity contribution is 6.43. The van der Waals surface area contributed by atoms with Crippen molar-refractivity contribution in [3.63, 3.8) is 0 Å². The lowest BCUT2D eigenvalue weighted by atomic mass is 10.0. The van der Waals surface area contributed by atoms with Crippen LogP contribution in [0.2, 0.25) is 10.0 Å². The highest BCUT2D eigenvalue weighted by Crippen LogP contribution is 2.33. The first-order valence-electron chi connectivity index (χ1n) is 13.2. The van der Waals surface area contributed by atoms with E-state index in [1.807, 2.05) is 37.3 Å². The average Bonchev–Trinajstić information content (AvgIpc) is 2.94. The summed E-state index contributed by atoms with van der Waals surface area (Å²) in [6, 6.07) is 11.8. The van der Waals surface area contributed by atoms with Crippen molar-refractivity contribution in [3.8, 4) is 5.75 Å². The van der Waals surface area contributed by atoms with Gasteiger partial charge in [0.15, 0.2) is 5.90 Å². The van der Waals surface area contributed by atoms with Crippen LogP contribution in [0.4, 0.5) is 16.2 Å². The summed E-state index contributed by atoms with van der Waals surface area (Å²) < 4.78 is 16.7. The minimum atomic E-state index is -0.412. The van der Waals surface area contributed by atoms with E-state index in [4.69, 9.17) is 37.4 Å². The van der Waals surface area contributed by atoms with Crippen LogP contribution in [0.3, 0.4) is 0 Å². The van der Waals surface area contributed by atoms with E-state index in [0.29, 0.717) is 35.5 Å². The molecular weight excluding hydrogens is 527 g/mol. The Bertz CT molecular complexity index is 1120. The highest BCUT2D eigenvalue weighted by Gasteiger charge is 2.20. The fourth-order valence-corrected chi connectivity index (χ4v) is 4.86. The number of carbonyl (C=O) groups is 1. The maximum absolute atomic E-state index is 11.7. The predicted octanol–water partition coefficient (Wildman–Crippen LogP) is 6.01. The molecule has 0 aliphatic carbocycles. The van der Waals surface area contributed by atoms with E-state index in [1.165, 1.54) is 4.90 Å². The second-order valence-electron chi connectivity index (χ2n) is 9.44. The Balaban J connectivity index is 1.15. The molecule has 0 bridgehead atoms. The molecule has 0 saturated carbocycles. The van der Waals surface area contributed by atoms with Crippen molar-refractivity contribution >= 4 is 46.6 Å². The summed E-state index contributed by atoms with van der Waals surface area (Å²) in [5.41, 5.74) is 3.02. The summed E-state index contributed by atoms with van der Waals surface area (Å²) in [5.74, 6) is 1.37. The number of unbranched alkanes of at least 4 members (excludes halogenated alkanes) is 1. The molecule has 4 rings (SSSR count). The molecule has 2 aliphatic rings. The van der Waals surface area contributed by atoms with Crippen LogP contribution in [-0.4, -0.2) is 81.5 Å². The average molecular weight is 564 g/mol. The Labute approximate surface area is 235 Å². The molecule has 0 aromatic heterocycles. The molecule has 2 aromatic carbocycles. The first-order valence-corrected chi connectivity index (χ1v) is 14.0. The summed E-state index contributed by atoms with van der Waals surface area (Å²) in [6.07, 6.45) is 3.14. The van der Waals surface area contributed by atoms with Gasteiger partial charge in [0.25, 0.3) is 0 Å². The monoisotopic (exact) mass is 562 g/mol. The Kier molecular flexibility index (Phi) is 10.4. The van der Waals surface area contributed by atoms with Crippen molar-refractivity contribution in [1.29, 1.82) is 0 Å². The SMILES string of the molecule is CCN(C)C(=O)OCOC1=Nc2cc(OCCCCN3CCN(c4cccc(Cl)c4Cl)CC3)ccc2CC1. The second-order valence-corrected chi connectivity index (χ2v) is 10.2. The fourth-order valence-electron chi connectivity index (χ4n) is 4.45. The van der Waals surface area contributed by atoms with E-state index >= 15 is 0 Å². The zero-order valence-electron chi connectivity index (χ0n) is 22.1. The number of benzene rings is 2. The number of piperazine rings is 1. The molecule has 1 amide bonds. The zero-order valence-corrected chi connectivity index (χ0v) is 23.6. The zero-order chi connectivity index (χ0) is 26.9. The van der Waals surface area contributed by atoms with Gasteiger partial charge in [-0.1, -0.05) is 35.3 Å². The molecule has 0 atom stereocenters. The van der Waals surface area contributed by atoms with Crippen LogP contribution in [0.1, 0.15) is 31.7 Å². The van der Waals surface area contributed by atoms with Gasteiger partial charge in [-0.15, -0.1) is 0 Å². The highest BCUT2D eigenvalue weighted by atomic mass is 35.5. The lowest BCUT2D eigenvalue weighted by Crippen LogP contribution is -2.46. The number of amides is 1. The largest absolute Gasteiger partial charge is 0.494 e. The van der Waals surface area contributed by atoms with Crippen molar-refractivity contribution in [1.82, 2.24) is 9.80 Å². The number of hydrogen-bond acceptors (Lipinski definition) is 7. The number of nitrogens with zero attached hydrogens (tertiary/aromatic N) is 4. The summed E-state index contributed by atoms with van der Waals surface area (Å²) in [7, 11) is 1.68. The first kappa shape index (κ1) is 28.3. The number of hydrogen-bond donors (Lipinski definition) is 0. The van der Waals surface area contributed by atoms with Crippen molar-refractivity contribution < 1.29 is 19.0 Å². The second kappa shape index (κ2) is 13.9. The van der Waals surface area contributed by atoms with Crippen LogP contribution in [0, 0.1) is 0 Å². The Hall–Kier alpha value is -2.68. The Morgan fingerprint density at radius 3 is 2.66 bits per heavy atom. The minimum absolute atomic E-state index is 0.142. The van der Waals surface area contributed by atoms with E-state index in [1.54, 1.807) is 7.05 Å². The van der Waals surface area contributed by atoms with Gasteiger partial charge in [0, 0.05) is 52.3 Å². The maximum Gasteiger partial charge on any atom is 0.412 e. The number of halogens is 2. The first-order chi connectivity index (χ1) is 18.4. The van der Waals surface area contributed by atoms with Gasteiger partial charge >= 0.3 is 6.09 Å².